The van der Waals surface area contributed by atoms with Gasteiger partial charge in [0.2, 0.25) is 0 Å². The molecule has 0 aromatic carbocycles. The largest absolute Gasteiger partial charge is 0.294 e. The van der Waals surface area contributed by atoms with Gasteiger partial charge in [-0.3, -0.25) is 4.79 Å². The van der Waals surface area contributed by atoms with Crippen LogP contribution in [0.1, 0.15) is 26.2 Å². The highest BCUT2D eigenvalue weighted by Crippen LogP contribution is 2.14. The van der Waals surface area contributed by atoms with Crippen molar-refractivity contribution >= 4 is 5.78 Å². The van der Waals surface area contributed by atoms with E-state index < -0.39 is 0 Å². The highest BCUT2D eigenvalue weighted by atomic mass is 16.1. The summed E-state index contributed by atoms with van der Waals surface area (Å²) in [5, 5.41) is 0. The predicted molar refractivity (Wildman–Crippen MR) is 87.5 cm³/mol. The summed E-state index contributed by atoms with van der Waals surface area (Å²) >= 11 is 0. The molecular formula is C19H22O. The fraction of sp³-hybridized carbons (Fsp3) is 0.211. The maximum absolute atomic E-state index is 12.3. The van der Waals surface area contributed by atoms with Crippen molar-refractivity contribution in [2.75, 3.05) is 0 Å². The third-order valence-electron chi connectivity index (χ3n) is 2.87. The summed E-state index contributed by atoms with van der Waals surface area (Å²) in [5.41, 5.74) is 1.79. The molecule has 1 rings (SSSR count). The number of hydrogen-bond acceptors (Lipinski definition) is 1. The van der Waals surface area contributed by atoms with Crippen LogP contribution in [0.25, 0.3) is 0 Å². The quantitative estimate of drug-likeness (QED) is 0.467. The van der Waals surface area contributed by atoms with Crippen LogP contribution in [0.2, 0.25) is 0 Å². The SMILES string of the molecule is C=C/C=C\C(=CC/C=C\C)CC(=O)C1=CC=CCC=C1. The Kier molecular flexibility index (Phi) is 7.74. The van der Waals surface area contributed by atoms with Gasteiger partial charge in [-0.1, -0.05) is 73.4 Å². The number of carbonyl (C=O) groups is 1. The lowest BCUT2D eigenvalue weighted by molar-refractivity contribution is -0.114. The van der Waals surface area contributed by atoms with E-state index in [9.17, 15) is 4.79 Å². The zero-order valence-electron chi connectivity index (χ0n) is 12.1. The average Bonchev–Trinajstić information content (AvgIpc) is 2.73. The van der Waals surface area contributed by atoms with Gasteiger partial charge in [-0.25, -0.2) is 0 Å². The van der Waals surface area contributed by atoms with Gasteiger partial charge in [0.1, 0.15) is 0 Å². The number of allylic oxidation sites excluding steroid dienone is 13. The lowest BCUT2D eigenvalue weighted by atomic mass is 10.0. The van der Waals surface area contributed by atoms with Gasteiger partial charge >= 0.3 is 0 Å². The fourth-order valence-corrected chi connectivity index (χ4v) is 1.80. The summed E-state index contributed by atoms with van der Waals surface area (Å²) in [5.74, 6) is 0.147. The van der Waals surface area contributed by atoms with Crippen molar-refractivity contribution < 1.29 is 4.79 Å². The van der Waals surface area contributed by atoms with Gasteiger partial charge < -0.3 is 0 Å². The molecule has 0 aromatic rings. The van der Waals surface area contributed by atoms with E-state index >= 15 is 0 Å². The van der Waals surface area contributed by atoms with Crippen molar-refractivity contribution in [3.63, 3.8) is 0 Å². The van der Waals surface area contributed by atoms with Gasteiger partial charge in [0.05, 0.1) is 0 Å². The molecule has 1 nitrogen and oxygen atoms in total. The zero-order chi connectivity index (χ0) is 14.6. The van der Waals surface area contributed by atoms with Crippen molar-refractivity contribution in [3.8, 4) is 0 Å². The second-order valence-electron chi connectivity index (χ2n) is 4.47. The smallest absolute Gasteiger partial charge is 0.167 e. The summed E-state index contributed by atoms with van der Waals surface area (Å²) in [6, 6.07) is 0. The molecule has 0 fully saturated rings. The number of ketones is 1. The van der Waals surface area contributed by atoms with Crippen LogP contribution < -0.4 is 0 Å². The number of carbonyl (C=O) groups excluding carboxylic acids is 1. The monoisotopic (exact) mass is 266 g/mol. The van der Waals surface area contributed by atoms with Crippen LogP contribution in [0.15, 0.2) is 84.6 Å². The summed E-state index contributed by atoms with van der Waals surface area (Å²) in [7, 11) is 0. The molecule has 0 aromatic heterocycles. The number of hydrogen-bond donors (Lipinski definition) is 0. The van der Waals surface area contributed by atoms with Crippen LogP contribution in [0.3, 0.4) is 0 Å². The zero-order valence-corrected chi connectivity index (χ0v) is 12.1. The normalized spacial score (nSPS) is 15.7. The molecule has 0 N–H and O–H groups in total. The first-order valence-corrected chi connectivity index (χ1v) is 6.93. The van der Waals surface area contributed by atoms with Crippen LogP contribution >= 0.6 is 0 Å². The first kappa shape index (κ1) is 15.9. The molecule has 0 radical (unpaired) electrons. The molecule has 0 saturated carbocycles. The Morgan fingerprint density at radius 3 is 3.00 bits per heavy atom. The van der Waals surface area contributed by atoms with E-state index in [1.54, 1.807) is 6.08 Å². The Bertz CT molecular complexity index is 508. The van der Waals surface area contributed by atoms with E-state index in [-0.39, 0.29) is 5.78 Å². The molecular weight excluding hydrogens is 244 g/mol. The highest BCUT2D eigenvalue weighted by molar-refractivity contribution is 6.00. The van der Waals surface area contributed by atoms with Crippen molar-refractivity contribution in [1.29, 1.82) is 0 Å². The van der Waals surface area contributed by atoms with E-state index in [1.807, 2.05) is 55.5 Å². The van der Waals surface area contributed by atoms with Crippen molar-refractivity contribution in [1.82, 2.24) is 0 Å². The molecule has 0 heterocycles. The van der Waals surface area contributed by atoms with Crippen LogP contribution in [-0.2, 0) is 4.79 Å². The second-order valence-corrected chi connectivity index (χ2v) is 4.47. The molecule has 0 spiro atoms. The minimum atomic E-state index is 0.147. The minimum absolute atomic E-state index is 0.147. The van der Waals surface area contributed by atoms with Crippen LogP contribution in [0.5, 0.6) is 0 Å². The molecule has 0 saturated heterocycles. The number of Topliss-reactive ketones (excluding diaryl/α,β-unsaturated/α-hetero) is 1. The van der Waals surface area contributed by atoms with E-state index in [0.29, 0.717) is 6.42 Å². The molecule has 1 aliphatic carbocycles. The third kappa shape index (κ3) is 6.14. The van der Waals surface area contributed by atoms with Crippen LogP contribution in [0.4, 0.5) is 0 Å². The summed E-state index contributed by atoms with van der Waals surface area (Å²) < 4.78 is 0. The molecule has 20 heavy (non-hydrogen) atoms. The minimum Gasteiger partial charge on any atom is -0.294 e. The first-order valence-electron chi connectivity index (χ1n) is 6.93. The molecule has 0 unspecified atom stereocenters. The molecule has 0 bridgehead atoms. The lowest BCUT2D eigenvalue weighted by Gasteiger charge is -2.03. The topological polar surface area (TPSA) is 17.1 Å². The lowest BCUT2D eigenvalue weighted by Crippen LogP contribution is -2.01. The fourth-order valence-electron chi connectivity index (χ4n) is 1.80. The Hall–Kier alpha value is -2.15. The number of rotatable bonds is 7. The standard InChI is InChI=1S/C19H22O/c1-3-5-9-13-17(12-6-4-2)16-19(20)18-14-10-7-8-11-15-18/h3-7,10-15H,2,8-9,16H2,1H3/b5-3-,12-6-,17-13?. The molecule has 1 aliphatic rings. The van der Waals surface area contributed by atoms with E-state index in [1.165, 1.54) is 0 Å². The van der Waals surface area contributed by atoms with Crippen molar-refractivity contribution in [2.45, 2.75) is 26.2 Å². The summed E-state index contributed by atoms with van der Waals surface area (Å²) in [6.45, 7) is 5.66. The maximum Gasteiger partial charge on any atom is 0.167 e. The Morgan fingerprint density at radius 2 is 2.25 bits per heavy atom. The predicted octanol–water partition coefficient (Wildman–Crippen LogP) is 5.02. The van der Waals surface area contributed by atoms with Crippen LogP contribution in [0, 0.1) is 0 Å². The van der Waals surface area contributed by atoms with Gasteiger partial charge in [0, 0.05) is 12.0 Å². The Labute approximate surface area is 122 Å². The molecule has 0 amide bonds. The Balaban J connectivity index is 2.78. The van der Waals surface area contributed by atoms with E-state index in [2.05, 4.69) is 18.7 Å². The molecule has 0 aliphatic heterocycles. The van der Waals surface area contributed by atoms with Gasteiger partial charge in [0.25, 0.3) is 0 Å². The van der Waals surface area contributed by atoms with E-state index in [0.717, 1.165) is 24.0 Å². The third-order valence-corrected chi connectivity index (χ3v) is 2.87. The second kappa shape index (κ2) is 9.74. The highest BCUT2D eigenvalue weighted by Gasteiger charge is 2.08. The average molecular weight is 266 g/mol. The Morgan fingerprint density at radius 1 is 1.40 bits per heavy atom. The molecule has 1 heteroatoms. The van der Waals surface area contributed by atoms with Gasteiger partial charge in [-0.2, -0.15) is 0 Å². The van der Waals surface area contributed by atoms with Crippen molar-refractivity contribution in [2.24, 2.45) is 0 Å². The first-order chi connectivity index (χ1) is 9.77. The van der Waals surface area contributed by atoms with Gasteiger partial charge in [0.15, 0.2) is 5.78 Å². The van der Waals surface area contributed by atoms with Crippen LogP contribution in [-0.4, -0.2) is 5.78 Å². The van der Waals surface area contributed by atoms with Gasteiger partial charge in [-0.05, 0) is 25.3 Å². The summed E-state index contributed by atoms with van der Waals surface area (Å²) in [4.78, 5) is 12.3. The maximum atomic E-state index is 12.3. The summed E-state index contributed by atoms with van der Waals surface area (Å²) in [6.07, 6.45) is 23.6. The van der Waals surface area contributed by atoms with Gasteiger partial charge in [-0.15, -0.1) is 0 Å². The molecule has 104 valence electrons. The molecule has 0 atom stereocenters. The van der Waals surface area contributed by atoms with E-state index in [4.69, 9.17) is 0 Å². The van der Waals surface area contributed by atoms with Crippen molar-refractivity contribution in [3.05, 3.63) is 84.6 Å².